The van der Waals surface area contributed by atoms with E-state index in [1.165, 1.54) is 0 Å². The fourth-order valence-electron chi connectivity index (χ4n) is 18.6. The van der Waals surface area contributed by atoms with Gasteiger partial charge in [-0.3, -0.25) is 0 Å². The van der Waals surface area contributed by atoms with E-state index in [1.807, 2.05) is 91.0 Å². The van der Waals surface area contributed by atoms with Gasteiger partial charge in [-0.25, -0.2) is 0 Å². The lowest BCUT2D eigenvalue weighted by atomic mass is 9.30. The molecule has 0 saturated carbocycles. The number of ether oxygens (including phenoxy) is 1. The molecule has 6 heterocycles. The van der Waals surface area contributed by atoms with Gasteiger partial charge >= 0.3 is 0 Å². The summed E-state index contributed by atoms with van der Waals surface area (Å²) in [7, 11) is 0. The molecule has 0 radical (unpaired) electrons. The van der Waals surface area contributed by atoms with Gasteiger partial charge in [0.25, 0.3) is 13.4 Å². The quantitative estimate of drug-likeness (QED) is 0.135. The maximum atomic E-state index is 10.2. The molecule has 4 aliphatic heterocycles. The van der Waals surface area contributed by atoms with Crippen molar-refractivity contribution in [3.05, 3.63) is 368 Å². The van der Waals surface area contributed by atoms with E-state index in [-0.39, 0.29) is 54.7 Å². The lowest BCUT2D eigenvalue weighted by molar-refractivity contribution is 0.483. The van der Waals surface area contributed by atoms with Gasteiger partial charge in [-0.05, 0) is 161 Å². The van der Waals surface area contributed by atoms with Gasteiger partial charge in [-0.15, -0.1) is 0 Å². The van der Waals surface area contributed by atoms with E-state index in [2.05, 4.69) is 241 Å². The third-order valence-corrected chi connectivity index (χ3v) is 24.1. The summed E-state index contributed by atoms with van der Waals surface area (Å²) in [5.41, 5.74) is 20.4. The molecule has 6 nitrogen and oxygen atoms in total. The van der Waals surface area contributed by atoms with Crippen molar-refractivity contribution in [1.82, 2.24) is 9.13 Å². The number of hydrogen-bond donors (Lipinski definition) is 0. The van der Waals surface area contributed by atoms with Crippen molar-refractivity contribution in [1.29, 1.82) is 0 Å². The van der Waals surface area contributed by atoms with Crippen LogP contribution in [0.3, 0.4) is 0 Å². The van der Waals surface area contributed by atoms with Gasteiger partial charge in [-0.1, -0.05) is 335 Å². The van der Waals surface area contributed by atoms with E-state index in [1.54, 1.807) is 9.13 Å². The van der Waals surface area contributed by atoms with Crippen LogP contribution in [0, 0.1) is 0 Å². The number of fused-ring (bicyclic) bond motifs is 14. The smallest absolute Gasteiger partial charge is 0.256 e. The van der Waals surface area contributed by atoms with Gasteiger partial charge in [0.15, 0.2) is 0 Å². The van der Waals surface area contributed by atoms with E-state index < -0.39 is 121 Å². The number of para-hydroxylation sites is 6. The van der Waals surface area contributed by atoms with Crippen molar-refractivity contribution in [3.63, 3.8) is 0 Å². The lowest BCUT2D eigenvalue weighted by Gasteiger charge is -2.47. The molecule has 8 heteroatoms. The SMILES string of the molecule is [2H]c1c([2H])c([2H])c2c(c1[2H])c1c([2H])c([2H])c([2H])c([2H])c1n2-c1cc2c3c(c1)N(c1c(-c4ccccc4)cccc1-c1ccccc1)c1cc4c(cc1B3c1ccc(C(C)(C)C)cc1O2)B1c2ccc(C(C)(C)C)cc2N(c2c(-c3ccccc3)cccc2-c2ccccc2)c2cc(-n3c5c([2H])c([2H])c([2H])c([2H])c5c5c([2H])c([2H])c([2H])c([2H])c53)cc(c21)N4c1ccc(C(C)(C)C)cc1. The van der Waals surface area contributed by atoms with Crippen LogP contribution in [0.5, 0.6) is 11.5 Å². The van der Waals surface area contributed by atoms with Crippen LogP contribution >= 0.6 is 0 Å². The van der Waals surface area contributed by atoms with Crippen LogP contribution < -0.4 is 52.2 Å². The highest BCUT2D eigenvalue weighted by Crippen LogP contribution is 2.56. The predicted molar refractivity (Wildman–Crippen MR) is 493 cm³/mol. The summed E-state index contributed by atoms with van der Waals surface area (Å²) in [5, 5.41) is -0.331. The van der Waals surface area contributed by atoms with Crippen molar-refractivity contribution in [3.8, 4) is 67.4 Å². The number of hydrogen-bond acceptors (Lipinski definition) is 4. The minimum Gasteiger partial charge on any atom is -0.458 e. The first-order chi connectivity index (χ1) is 63.1. The summed E-state index contributed by atoms with van der Waals surface area (Å²) in [4.78, 5) is 6.96. The predicted octanol–water partition coefficient (Wildman–Crippen LogP) is 24.9. The second-order valence-electron chi connectivity index (χ2n) is 34.0. The minimum atomic E-state index is -0.711. The molecule has 0 bridgehead atoms. The Kier molecular flexibility index (Phi) is 12.1. The topological polar surface area (TPSA) is 28.8 Å². The zero-order valence-electron chi connectivity index (χ0n) is 81.5. The van der Waals surface area contributed by atoms with Crippen molar-refractivity contribution < 1.29 is 26.7 Å². The minimum absolute atomic E-state index is 0.0576. The zero-order valence-corrected chi connectivity index (χ0v) is 65.5. The maximum absolute atomic E-state index is 10.2. The first-order valence-electron chi connectivity index (χ1n) is 47.6. The Morgan fingerprint density at radius 1 is 0.267 bits per heavy atom. The molecule has 0 saturated heterocycles. The van der Waals surface area contributed by atoms with Crippen molar-refractivity contribution in [2.45, 2.75) is 78.6 Å². The molecule has 0 aliphatic carbocycles. The summed E-state index contributed by atoms with van der Waals surface area (Å²) >= 11 is 0. The van der Waals surface area contributed by atoms with Gasteiger partial charge in [0.05, 0.1) is 66.7 Å². The molecular formula is C108H85B2N5O. The third-order valence-electron chi connectivity index (χ3n) is 24.1. The van der Waals surface area contributed by atoms with Gasteiger partial charge in [-0.2, -0.15) is 0 Å². The molecule has 116 heavy (non-hydrogen) atoms. The molecule has 0 spiro atoms. The van der Waals surface area contributed by atoms with Crippen LogP contribution in [-0.4, -0.2) is 22.6 Å². The van der Waals surface area contributed by atoms with Gasteiger partial charge < -0.3 is 28.6 Å². The Balaban J connectivity index is 0.960. The molecule has 22 rings (SSSR count). The molecule has 18 aromatic rings. The van der Waals surface area contributed by atoms with E-state index >= 15 is 0 Å². The molecule has 554 valence electrons. The lowest BCUT2D eigenvalue weighted by Crippen LogP contribution is -2.64. The van der Waals surface area contributed by atoms with Crippen molar-refractivity contribution >= 4 is 141 Å². The molecule has 0 amide bonds. The Morgan fingerprint density at radius 3 is 1.05 bits per heavy atom. The standard InChI is InChI=1S/C108H85B2N5O/c1-106(2,3)72-52-56-75(57-53-72)111-95-67-96-89(110-87-59-55-74(108(7,8)9)61-100(87)116-101-65-77(113-92-50-28-24-42-84(92)85-43-25-29-51-93(85)113)64-99(103(101)110)115(96)105-80(70-36-18-12-19-37-70)46-31-47-81(105)71-38-20-13-21-39-71)66-88(95)109-86-58-54-73(107(4,5)6)60-94(86)114(104-78(68-32-14-10-15-33-68)44-30-45-79(104)69-34-16-11-17-35-69)98-63-76(62-97(111)102(98)109)112-90-48-26-22-40-82(90)83-41-23-27-49-91(83)112/h10-67H,1-9H3/i22D,23D,24D,25D,26D,27D,28D,29D,40D,41D,42D,43D,48D,49D,50D,51D. The monoisotopic (exact) mass is 1510 g/mol. The first kappa shape index (κ1) is 54.2. The molecule has 4 aliphatic rings. The van der Waals surface area contributed by atoms with Crippen LogP contribution in [0.15, 0.2) is 351 Å². The summed E-state index contributed by atoms with van der Waals surface area (Å²) in [6.45, 7) is 18.2. The summed E-state index contributed by atoms with van der Waals surface area (Å²) < 4.78 is 166. The van der Waals surface area contributed by atoms with E-state index in [4.69, 9.17) is 4.74 Å². The highest BCUT2D eigenvalue weighted by atomic mass is 16.5. The van der Waals surface area contributed by atoms with E-state index in [9.17, 15) is 21.9 Å². The summed E-state index contributed by atoms with van der Waals surface area (Å²) in [6.07, 6.45) is 0. The average molecular weight is 1510 g/mol. The second kappa shape index (κ2) is 26.0. The van der Waals surface area contributed by atoms with Gasteiger partial charge in [0.1, 0.15) is 11.5 Å². The van der Waals surface area contributed by atoms with E-state index in [0.717, 1.165) is 111 Å². The van der Waals surface area contributed by atoms with Gasteiger partial charge in [0, 0.05) is 89.7 Å². The normalized spacial score (nSPS) is 15.3. The number of anilines is 9. The van der Waals surface area contributed by atoms with Crippen LogP contribution in [0.1, 0.15) is 101 Å². The molecule has 0 fully saturated rings. The zero-order chi connectivity index (χ0) is 92.1. The summed E-state index contributed by atoms with van der Waals surface area (Å²) in [5.74, 6) is 0.913. The number of rotatable bonds is 9. The van der Waals surface area contributed by atoms with E-state index in [0.29, 0.717) is 51.3 Å². The van der Waals surface area contributed by atoms with Crippen LogP contribution in [0.2, 0.25) is 0 Å². The molecule has 0 unspecified atom stereocenters. The Morgan fingerprint density at radius 2 is 0.621 bits per heavy atom. The second-order valence-corrected chi connectivity index (χ2v) is 34.0. The Bertz CT molecular complexity index is 7820. The van der Waals surface area contributed by atoms with Crippen LogP contribution in [0.25, 0.3) is 99.5 Å². The van der Waals surface area contributed by atoms with Crippen LogP contribution in [-0.2, 0) is 16.2 Å². The molecule has 0 atom stereocenters. The Hall–Kier alpha value is -13.6. The highest BCUT2D eigenvalue weighted by molar-refractivity contribution is 7.02. The average Bonchev–Trinajstić information content (AvgIpc) is 0.746. The van der Waals surface area contributed by atoms with Crippen molar-refractivity contribution in [2.24, 2.45) is 0 Å². The Labute approximate surface area is 702 Å². The number of benzene rings is 16. The number of aromatic nitrogens is 2. The molecule has 0 N–H and O–H groups in total. The summed E-state index contributed by atoms with van der Waals surface area (Å²) in [6, 6.07) is 79.9. The largest absolute Gasteiger partial charge is 0.458 e. The number of nitrogens with zero attached hydrogens (tertiary/aromatic N) is 5. The van der Waals surface area contributed by atoms with Gasteiger partial charge in [0.2, 0.25) is 0 Å². The third kappa shape index (κ3) is 10.7. The maximum Gasteiger partial charge on any atom is 0.256 e. The first-order valence-corrected chi connectivity index (χ1v) is 39.6. The van der Waals surface area contributed by atoms with Crippen molar-refractivity contribution in [2.75, 3.05) is 14.7 Å². The molecular weight excluding hydrogens is 1400 g/mol. The fourth-order valence-corrected chi connectivity index (χ4v) is 18.6. The molecule has 2 aromatic heterocycles. The highest BCUT2D eigenvalue weighted by Gasteiger charge is 2.50. The fraction of sp³-hybridized carbons (Fsp3) is 0.111. The van der Waals surface area contributed by atoms with Crippen LogP contribution in [0.4, 0.5) is 51.2 Å². The molecule has 16 aromatic carbocycles.